The number of halogens is 2. The van der Waals surface area contributed by atoms with Crippen molar-refractivity contribution in [2.75, 3.05) is 6.54 Å². The van der Waals surface area contributed by atoms with Crippen LogP contribution in [0.1, 0.15) is 12.6 Å². The number of nitrogens with one attached hydrogen (secondary N) is 1. The summed E-state index contributed by atoms with van der Waals surface area (Å²) in [6.45, 7) is 3.67. The van der Waals surface area contributed by atoms with Crippen molar-refractivity contribution in [1.29, 1.82) is 0 Å². The molecule has 0 saturated heterocycles. The molecule has 0 fully saturated rings. The van der Waals surface area contributed by atoms with E-state index in [1.165, 1.54) is 0 Å². The number of nitrogens with zero attached hydrogens (tertiary/aromatic N) is 3. The van der Waals surface area contributed by atoms with Crippen molar-refractivity contribution in [3.05, 3.63) is 39.6 Å². The molecule has 90 valence electrons. The molecular weight excluding hydrogens is 304 g/mol. The van der Waals surface area contributed by atoms with Crippen molar-refractivity contribution >= 4 is 27.5 Å². The molecule has 0 atom stereocenters. The highest BCUT2D eigenvalue weighted by molar-refractivity contribution is 9.10. The Morgan fingerprint density at radius 3 is 3.06 bits per heavy atom. The Morgan fingerprint density at radius 2 is 2.29 bits per heavy atom. The van der Waals surface area contributed by atoms with Crippen molar-refractivity contribution in [2.45, 2.75) is 13.5 Å². The molecular formula is C11H12BrClN4. The number of benzene rings is 1. The van der Waals surface area contributed by atoms with E-state index < -0.39 is 0 Å². The molecule has 1 aromatic carbocycles. The van der Waals surface area contributed by atoms with Gasteiger partial charge in [0.05, 0.1) is 22.6 Å². The van der Waals surface area contributed by atoms with Crippen LogP contribution in [0.15, 0.2) is 28.9 Å². The standard InChI is InChI=1S/C11H12BrClN4/c1-2-14-6-9-7-15-16-17(9)11-5-8(12)3-4-10(11)13/h3-5,7,14H,2,6H2,1H3. The van der Waals surface area contributed by atoms with Gasteiger partial charge in [0.25, 0.3) is 0 Å². The van der Waals surface area contributed by atoms with Gasteiger partial charge in [-0.1, -0.05) is 39.7 Å². The van der Waals surface area contributed by atoms with Crippen molar-refractivity contribution in [2.24, 2.45) is 0 Å². The Hall–Kier alpha value is -0.910. The maximum absolute atomic E-state index is 6.16. The Labute approximate surface area is 113 Å². The van der Waals surface area contributed by atoms with Crippen molar-refractivity contribution in [1.82, 2.24) is 20.3 Å². The third kappa shape index (κ3) is 2.86. The second-order valence-corrected chi connectivity index (χ2v) is 4.84. The molecule has 17 heavy (non-hydrogen) atoms. The van der Waals surface area contributed by atoms with Crippen LogP contribution >= 0.6 is 27.5 Å². The van der Waals surface area contributed by atoms with Crippen molar-refractivity contribution in [3.8, 4) is 5.69 Å². The van der Waals surface area contributed by atoms with Crippen LogP contribution in [-0.2, 0) is 6.54 Å². The lowest BCUT2D eigenvalue weighted by Crippen LogP contribution is -2.15. The molecule has 2 aromatic rings. The number of hydrogen-bond acceptors (Lipinski definition) is 3. The number of hydrogen-bond donors (Lipinski definition) is 1. The summed E-state index contributed by atoms with van der Waals surface area (Å²) >= 11 is 9.59. The minimum absolute atomic E-state index is 0.649. The first-order valence-corrected chi connectivity index (χ1v) is 6.45. The van der Waals surface area contributed by atoms with Crippen LogP contribution in [0.2, 0.25) is 5.02 Å². The zero-order chi connectivity index (χ0) is 12.3. The average molecular weight is 316 g/mol. The lowest BCUT2D eigenvalue weighted by atomic mass is 10.3. The fourth-order valence-corrected chi connectivity index (χ4v) is 2.03. The van der Waals surface area contributed by atoms with E-state index in [4.69, 9.17) is 11.6 Å². The van der Waals surface area contributed by atoms with E-state index in [2.05, 4.69) is 38.5 Å². The lowest BCUT2D eigenvalue weighted by Gasteiger charge is -2.08. The zero-order valence-electron chi connectivity index (χ0n) is 9.32. The highest BCUT2D eigenvalue weighted by Gasteiger charge is 2.09. The van der Waals surface area contributed by atoms with Crippen LogP contribution in [0.3, 0.4) is 0 Å². The van der Waals surface area contributed by atoms with E-state index in [9.17, 15) is 0 Å². The van der Waals surface area contributed by atoms with Crippen LogP contribution in [-0.4, -0.2) is 21.5 Å². The molecule has 0 radical (unpaired) electrons. The van der Waals surface area contributed by atoms with Gasteiger partial charge >= 0.3 is 0 Å². The third-order valence-electron chi connectivity index (χ3n) is 2.31. The minimum Gasteiger partial charge on any atom is -0.311 e. The number of rotatable bonds is 4. The molecule has 0 aliphatic heterocycles. The maximum Gasteiger partial charge on any atom is 0.0864 e. The lowest BCUT2D eigenvalue weighted by molar-refractivity contribution is 0.672. The van der Waals surface area contributed by atoms with E-state index in [1.807, 2.05) is 18.2 Å². The summed E-state index contributed by atoms with van der Waals surface area (Å²) in [5.74, 6) is 0. The highest BCUT2D eigenvalue weighted by atomic mass is 79.9. The Balaban J connectivity index is 2.38. The van der Waals surface area contributed by atoms with E-state index in [0.717, 1.165) is 22.4 Å². The predicted octanol–water partition coefficient (Wildman–Crippen LogP) is 2.79. The predicted molar refractivity (Wildman–Crippen MR) is 71.4 cm³/mol. The SMILES string of the molecule is CCNCc1cnnn1-c1cc(Br)ccc1Cl. The molecule has 0 spiro atoms. The van der Waals surface area contributed by atoms with E-state index >= 15 is 0 Å². The normalized spacial score (nSPS) is 10.8. The summed E-state index contributed by atoms with van der Waals surface area (Å²) in [7, 11) is 0. The molecule has 0 aliphatic carbocycles. The fraction of sp³-hybridized carbons (Fsp3) is 0.273. The topological polar surface area (TPSA) is 42.7 Å². The van der Waals surface area contributed by atoms with Gasteiger partial charge in [-0.2, -0.15) is 0 Å². The first-order valence-electron chi connectivity index (χ1n) is 5.28. The van der Waals surface area contributed by atoms with Gasteiger partial charge in [0.1, 0.15) is 0 Å². The second kappa shape index (κ2) is 5.62. The first kappa shape index (κ1) is 12.5. The molecule has 0 unspecified atom stereocenters. The third-order valence-corrected chi connectivity index (χ3v) is 3.13. The van der Waals surface area contributed by atoms with E-state index in [0.29, 0.717) is 11.6 Å². The average Bonchev–Trinajstić information content (AvgIpc) is 2.77. The molecule has 0 aliphatic rings. The molecule has 1 heterocycles. The molecule has 6 heteroatoms. The Morgan fingerprint density at radius 1 is 1.47 bits per heavy atom. The van der Waals surface area contributed by atoms with Gasteiger partial charge in [0.2, 0.25) is 0 Å². The Kier molecular flexibility index (Phi) is 4.15. The van der Waals surface area contributed by atoms with Crippen molar-refractivity contribution in [3.63, 3.8) is 0 Å². The molecule has 1 N–H and O–H groups in total. The van der Waals surface area contributed by atoms with Gasteiger partial charge in [-0.25, -0.2) is 4.68 Å². The van der Waals surface area contributed by atoms with Gasteiger partial charge in [-0.15, -0.1) is 5.10 Å². The van der Waals surface area contributed by atoms with Gasteiger partial charge in [0.15, 0.2) is 0 Å². The summed E-state index contributed by atoms with van der Waals surface area (Å²) in [6.07, 6.45) is 1.74. The monoisotopic (exact) mass is 314 g/mol. The minimum atomic E-state index is 0.649. The zero-order valence-corrected chi connectivity index (χ0v) is 11.7. The smallest absolute Gasteiger partial charge is 0.0864 e. The van der Waals surface area contributed by atoms with Crippen LogP contribution < -0.4 is 5.32 Å². The largest absolute Gasteiger partial charge is 0.311 e. The van der Waals surface area contributed by atoms with Gasteiger partial charge in [0, 0.05) is 11.0 Å². The van der Waals surface area contributed by atoms with Crippen LogP contribution in [0.4, 0.5) is 0 Å². The molecule has 0 bridgehead atoms. The quantitative estimate of drug-likeness (QED) is 0.943. The molecule has 0 saturated carbocycles. The molecule has 4 nitrogen and oxygen atoms in total. The summed E-state index contributed by atoms with van der Waals surface area (Å²) in [4.78, 5) is 0. The van der Waals surface area contributed by atoms with Crippen LogP contribution in [0, 0.1) is 0 Å². The fourth-order valence-electron chi connectivity index (χ4n) is 1.48. The van der Waals surface area contributed by atoms with Gasteiger partial charge < -0.3 is 5.32 Å². The van der Waals surface area contributed by atoms with Crippen LogP contribution in [0.5, 0.6) is 0 Å². The summed E-state index contributed by atoms with van der Waals surface area (Å²) < 4.78 is 2.71. The number of aromatic nitrogens is 3. The highest BCUT2D eigenvalue weighted by Crippen LogP contribution is 2.24. The van der Waals surface area contributed by atoms with Gasteiger partial charge in [-0.3, -0.25) is 0 Å². The van der Waals surface area contributed by atoms with Crippen molar-refractivity contribution < 1.29 is 0 Å². The first-order chi connectivity index (χ1) is 8.22. The summed E-state index contributed by atoms with van der Waals surface area (Å²) in [5.41, 5.74) is 1.80. The second-order valence-electron chi connectivity index (χ2n) is 3.51. The summed E-state index contributed by atoms with van der Waals surface area (Å²) in [6, 6.07) is 5.65. The van der Waals surface area contributed by atoms with Gasteiger partial charge in [-0.05, 0) is 24.7 Å². The molecule has 1 aromatic heterocycles. The van der Waals surface area contributed by atoms with E-state index in [1.54, 1.807) is 10.9 Å². The molecule has 2 rings (SSSR count). The molecule has 0 amide bonds. The van der Waals surface area contributed by atoms with E-state index in [-0.39, 0.29) is 0 Å². The Bertz CT molecular complexity index is 512. The maximum atomic E-state index is 6.16. The van der Waals surface area contributed by atoms with Crippen LogP contribution in [0.25, 0.3) is 5.69 Å². The summed E-state index contributed by atoms with van der Waals surface area (Å²) in [5, 5.41) is 11.9.